The zero-order valence-corrected chi connectivity index (χ0v) is 20.9. The molecule has 9 nitrogen and oxygen atoms in total. The van der Waals surface area contributed by atoms with Gasteiger partial charge in [0.2, 0.25) is 0 Å². The van der Waals surface area contributed by atoms with Gasteiger partial charge in [0.1, 0.15) is 0 Å². The second-order valence-electron chi connectivity index (χ2n) is 7.91. The predicted molar refractivity (Wildman–Crippen MR) is 131 cm³/mol. The van der Waals surface area contributed by atoms with Gasteiger partial charge < -0.3 is 21.1 Å². The van der Waals surface area contributed by atoms with Crippen LogP contribution in [0.1, 0.15) is 28.4 Å². The zero-order chi connectivity index (χ0) is 25.0. The summed E-state index contributed by atoms with van der Waals surface area (Å²) in [5, 5.41) is 12.5. The smallest absolute Gasteiger partial charge is 0.407 e. The number of rotatable bonds is 7. The van der Waals surface area contributed by atoms with Gasteiger partial charge in [-0.1, -0.05) is 30.1 Å². The second-order valence-corrected chi connectivity index (χ2v) is 11.0. The number of nitrogens with zero attached hydrogens (tertiary/aromatic N) is 2. The summed E-state index contributed by atoms with van der Waals surface area (Å²) >= 11 is 12.5. The van der Waals surface area contributed by atoms with E-state index in [4.69, 9.17) is 34.0 Å². The molecule has 0 unspecified atom stereocenters. The van der Waals surface area contributed by atoms with Crippen molar-refractivity contribution in [3.05, 3.63) is 57.1 Å². The maximum Gasteiger partial charge on any atom is 0.407 e. The molecule has 0 spiro atoms. The van der Waals surface area contributed by atoms with Crippen LogP contribution in [0.5, 0.6) is 0 Å². The largest absolute Gasteiger partial charge is 0.465 e. The first-order chi connectivity index (χ1) is 16.0. The Morgan fingerprint density at radius 1 is 1.09 bits per heavy atom. The average molecular weight is 529 g/mol. The summed E-state index contributed by atoms with van der Waals surface area (Å²) in [6.45, 7) is 3.90. The highest BCUT2D eigenvalue weighted by Crippen LogP contribution is 2.26. The Kier molecular flexibility index (Phi) is 8.29. The van der Waals surface area contributed by atoms with Crippen LogP contribution in [0.2, 0.25) is 10.0 Å². The Bertz CT molecular complexity index is 1200. The summed E-state index contributed by atoms with van der Waals surface area (Å²) in [6.07, 6.45) is -0.936. The fraction of sp³-hybridized carbons (Fsp3) is 0.364. The highest BCUT2D eigenvalue weighted by Gasteiger charge is 2.22. The summed E-state index contributed by atoms with van der Waals surface area (Å²) in [6, 6.07) is 7.55. The topological polar surface area (TPSA) is 133 Å². The molecule has 1 heterocycles. The third-order valence-corrected chi connectivity index (χ3v) is 8.09. The standard InChI is InChI=1S/C22H26Cl2N4O5S/c1-2-34(32,33)20-4-3-16(23)9-14(20)12-26-21(29)17-11-18(24)15(10-19(17)25)13-27-5-7-28(8-6-27)22(30)31/h3-4,9-11H,2,5-8,12-13,25H2,1H3,(H,26,29)(H,30,31). The van der Waals surface area contributed by atoms with Crippen LogP contribution in [0, 0.1) is 0 Å². The molecule has 12 heteroatoms. The average Bonchev–Trinajstić information content (AvgIpc) is 2.79. The predicted octanol–water partition coefficient (Wildman–Crippen LogP) is 3.09. The lowest BCUT2D eigenvalue weighted by Gasteiger charge is -2.33. The first kappa shape index (κ1) is 26.1. The lowest BCUT2D eigenvalue weighted by atomic mass is 10.1. The Hall–Kier alpha value is -2.53. The van der Waals surface area contributed by atoms with Crippen LogP contribution in [-0.4, -0.2) is 67.3 Å². The Labute approximate surface area is 208 Å². The van der Waals surface area contributed by atoms with Crippen LogP contribution in [0.15, 0.2) is 35.2 Å². The molecule has 2 aromatic carbocycles. The minimum Gasteiger partial charge on any atom is -0.465 e. The maximum atomic E-state index is 12.8. The number of hydrogen-bond acceptors (Lipinski definition) is 6. The number of carbonyl (C=O) groups excluding carboxylic acids is 1. The van der Waals surface area contributed by atoms with Crippen molar-refractivity contribution < 1.29 is 23.1 Å². The first-order valence-electron chi connectivity index (χ1n) is 10.6. The van der Waals surface area contributed by atoms with E-state index in [1.54, 1.807) is 13.0 Å². The molecule has 184 valence electrons. The SMILES string of the molecule is CCS(=O)(=O)c1ccc(Cl)cc1CNC(=O)c1cc(Cl)c(CN2CCN(C(=O)O)CC2)cc1N. The number of carbonyl (C=O) groups is 2. The number of hydrogen-bond donors (Lipinski definition) is 3. The summed E-state index contributed by atoms with van der Waals surface area (Å²) in [4.78, 5) is 27.4. The van der Waals surface area contributed by atoms with E-state index in [2.05, 4.69) is 10.2 Å². The van der Waals surface area contributed by atoms with Crippen molar-refractivity contribution in [3.8, 4) is 0 Å². The Morgan fingerprint density at radius 3 is 2.38 bits per heavy atom. The quantitative estimate of drug-likeness (QED) is 0.470. The molecule has 0 atom stereocenters. The molecular weight excluding hydrogens is 503 g/mol. The monoisotopic (exact) mass is 528 g/mol. The number of benzene rings is 2. The molecule has 1 saturated heterocycles. The lowest BCUT2D eigenvalue weighted by Crippen LogP contribution is -2.47. The van der Waals surface area contributed by atoms with Gasteiger partial charge in [-0.2, -0.15) is 0 Å². The fourth-order valence-electron chi connectivity index (χ4n) is 3.71. The Morgan fingerprint density at radius 2 is 1.76 bits per heavy atom. The number of amides is 2. The van der Waals surface area contributed by atoms with Crippen LogP contribution < -0.4 is 11.1 Å². The van der Waals surface area contributed by atoms with Gasteiger partial charge in [0.25, 0.3) is 5.91 Å². The molecule has 34 heavy (non-hydrogen) atoms. The summed E-state index contributed by atoms with van der Waals surface area (Å²) in [5.74, 6) is -0.578. The van der Waals surface area contributed by atoms with Gasteiger partial charge in [0, 0.05) is 55.0 Å². The second kappa shape index (κ2) is 10.8. The fourth-order valence-corrected chi connectivity index (χ4v) is 5.24. The third kappa shape index (κ3) is 6.12. The molecule has 4 N–H and O–H groups in total. The van der Waals surface area contributed by atoms with Gasteiger partial charge >= 0.3 is 6.09 Å². The van der Waals surface area contributed by atoms with Gasteiger partial charge in [-0.15, -0.1) is 0 Å². The highest BCUT2D eigenvalue weighted by atomic mass is 35.5. The Balaban J connectivity index is 1.71. The number of sulfone groups is 1. The number of nitrogens with two attached hydrogens (primary N) is 1. The molecule has 1 fully saturated rings. The normalized spacial score (nSPS) is 14.7. The number of nitrogens with one attached hydrogen (secondary N) is 1. The van der Waals surface area contributed by atoms with E-state index in [9.17, 15) is 18.0 Å². The molecule has 1 aliphatic heterocycles. The summed E-state index contributed by atoms with van der Waals surface area (Å²) < 4.78 is 24.7. The molecule has 3 rings (SSSR count). The van der Waals surface area contributed by atoms with Crippen LogP contribution in [0.3, 0.4) is 0 Å². The minimum atomic E-state index is -3.50. The van der Waals surface area contributed by atoms with E-state index in [0.29, 0.717) is 48.3 Å². The van der Waals surface area contributed by atoms with E-state index in [0.717, 1.165) is 5.56 Å². The number of piperazine rings is 1. The molecular formula is C22H26Cl2N4O5S. The van der Waals surface area contributed by atoms with Gasteiger partial charge in [-0.05, 0) is 41.5 Å². The lowest BCUT2D eigenvalue weighted by molar-refractivity contribution is 0.0951. The molecule has 0 aromatic heterocycles. The molecule has 0 saturated carbocycles. The highest BCUT2D eigenvalue weighted by molar-refractivity contribution is 7.91. The first-order valence-corrected chi connectivity index (χ1v) is 13.0. The van der Waals surface area contributed by atoms with Crippen molar-refractivity contribution >= 4 is 50.7 Å². The maximum absolute atomic E-state index is 12.8. The summed E-state index contributed by atoms with van der Waals surface area (Å²) in [7, 11) is -3.50. The van der Waals surface area contributed by atoms with Crippen molar-refractivity contribution in [1.82, 2.24) is 15.1 Å². The van der Waals surface area contributed by atoms with Gasteiger partial charge in [-0.3, -0.25) is 9.69 Å². The molecule has 0 aliphatic carbocycles. The molecule has 2 aromatic rings. The van der Waals surface area contributed by atoms with E-state index < -0.39 is 21.8 Å². The number of carboxylic acid groups (broad SMARTS) is 1. The summed E-state index contributed by atoms with van der Waals surface area (Å²) in [5.41, 5.74) is 7.64. The van der Waals surface area contributed by atoms with Crippen LogP contribution in [0.4, 0.5) is 10.5 Å². The molecule has 2 amide bonds. The van der Waals surface area contributed by atoms with Crippen molar-refractivity contribution in [2.75, 3.05) is 37.7 Å². The zero-order valence-electron chi connectivity index (χ0n) is 18.6. The van der Waals surface area contributed by atoms with Crippen LogP contribution in [-0.2, 0) is 22.9 Å². The molecule has 0 bridgehead atoms. The van der Waals surface area contributed by atoms with E-state index in [1.165, 1.54) is 29.2 Å². The van der Waals surface area contributed by atoms with Gasteiger partial charge in [0.15, 0.2) is 9.84 Å². The minimum absolute atomic E-state index is 0.0549. The van der Waals surface area contributed by atoms with Gasteiger partial charge in [-0.25, -0.2) is 13.2 Å². The number of anilines is 1. The van der Waals surface area contributed by atoms with E-state index in [1.807, 2.05) is 0 Å². The van der Waals surface area contributed by atoms with Crippen LogP contribution in [0.25, 0.3) is 0 Å². The third-order valence-electron chi connectivity index (χ3n) is 5.68. The number of halogens is 2. The van der Waals surface area contributed by atoms with Crippen LogP contribution >= 0.6 is 23.2 Å². The van der Waals surface area contributed by atoms with Gasteiger partial charge in [0.05, 0.1) is 16.2 Å². The molecule has 1 aliphatic rings. The number of nitrogen functional groups attached to an aromatic ring is 1. The molecule has 0 radical (unpaired) electrons. The van der Waals surface area contributed by atoms with Crippen molar-refractivity contribution in [2.45, 2.75) is 24.9 Å². The van der Waals surface area contributed by atoms with Crippen molar-refractivity contribution in [3.63, 3.8) is 0 Å². The van der Waals surface area contributed by atoms with Crippen molar-refractivity contribution in [1.29, 1.82) is 0 Å². The van der Waals surface area contributed by atoms with E-state index in [-0.39, 0.29) is 28.4 Å². The van der Waals surface area contributed by atoms with Crippen molar-refractivity contribution in [2.24, 2.45) is 0 Å². The van der Waals surface area contributed by atoms with E-state index >= 15 is 0 Å².